The van der Waals surface area contributed by atoms with Crippen LogP contribution in [-0.2, 0) is 0 Å². The van der Waals surface area contributed by atoms with Gasteiger partial charge < -0.3 is 0 Å². The van der Waals surface area contributed by atoms with Crippen LogP contribution < -0.4 is 0 Å². The summed E-state index contributed by atoms with van der Waals surface area (Å²) in [4.78, 5) is 0. The van der Waals surface area contributed by atoms with E-state index >= 15 is 0 Å². The lowest BCUT2D eigenvalue weighted by molar-refractivity contribution is 0.0158. The van der Waals surface area contributed by atoms with Gasteiger partial charge >= 0.3 is 0 Å². The topological polar surface area (TPSA) is 0 Å². The molecule has 2 heteroatoms. The summed E-state index contributed by atoms with van der Waals surface area (Å²) in [6.07, 6.45) is 42.5. The quantitative estimate of drug-likeness (QED) is 0.242. The lowest BCUT2D eigenvalue weighted by Gasteiger charge is -2.73. The Hall–Kier alpha value is 0.860. The first kappa shape index (κ1) is 28.5. The molecular formula is C43H66P2. The highest BCUT2D eigenvalue weighted by Gasteiger charge is 2.70. The standard InChI is InChI=1S/C43H66P2/c1-2-39(44(40-15-27-3-28(16-40)5-29(4-27)17-40)41-18-30-6-31(19-41)8-32(7-30)20-41)45(42-21-33-9-34(22-42)11-35(10-33)23-42)43-24-36-12-37(25-43)14-38(13-36)26-43/h27-39H,2-26H2,1H3. The van der Waals surface area contributed by atoms with Crippen molar-refractivity contribution in [3.8, 4) is 0 Å². The molecule has 0 radical (unpaired) electrons. The minimum atomic E-state index is 0.113. The van der Waals surface area contributed by atoms with Crippen molar-refractivity contribution < 1.29 is 0 Å². The first-order valence-electron chi connectivity index (χ1n) is 21.5. The van der Waals surface area contributed by atoms with Crippen molar-refractivity contribution in [2.75, 3.05) is 0 Å². The van der Waals surface area contributed by atoms with Gasteiger partial charge in [-0.3, -0.25) is 0 Å². The van der Waals surface area contributed by atoms with E-state index in [0.717, 1.165) is 91.6 Å². The maximum atomic E-state index is 2.86. The van der Waals surface area contributed by atoms with Gasteiger partial charge in [-0.05, 0) is 252 Å². The minimum absolute atomic E-state index is 0.113. The van der Waals surface area contributed by atoms with Crippen LogP contribution in [0.2, 0.25) is 0 Å². The summed E-state index contributed by atoms with van der Waals surface area (Å²) < 4.78 is 0. The summed E-state index contributed by atoms with van der Waals surface area (Å²) in [5.41, 5.74) is 0. The van der Waals surface area contributed by atoms with Gasteiger partial charge in [0.1, 0.15) is 0 Å². The van der Waals surface area contributed by atoms with E-state index in [-0.39, 0.29) is 15.8 Å². The SMILES string of the molecule is CCC(P(C12CC3CC(CC(C3)C1)C2)C12CC3CC(CC(C3)C1)C2)P(C12CC3CC(CC(C3)C1)C2)C12CC3CC(CC(C3)C1)C2. The van der Waals surface area contributed by atoms with Crippen LogP contribution in [0.4, 0.5) is 0 Å². The Balaban J connectivity index is 1.05. The highest BCUT2D eigenvalue weighted by atomic mass is 31.2. The Labute approximate surface area is 279 Å². The number of hydrogen-bond donors (Lipinski definition) is 0. The van der Waals surface area contributed by atoms with E-state index in [2.05, 4.69) is 6.92 Å². The summed E-state index contributed by atoms with van der Waals surface area (Å²) in [6.45, 7) is 2.86. The third kappa shape index (κ3) is 4.04. The second kappa shape index (κ2) is 9.59. The zero-order valence-electron chi connectivity index (χ0n) is 29.1. The van der Waals surface area contributed by atoms with Crippen molar-refractivity contribution >= 4 is 15.8 Å². The van der Waals surface area contributed by atoms with E-state index in [1.54, 1.807) is 161 Å². The van der Waals surface area contributed by atoms with Gasteiger partial charge in [0.25, 0.3) is 0 Å². The predicted molar refractivity (Wildman–Crippen MR) is 192 cm³/mol. The van der Waals surface area contributed by atoms with Crippen molar-refractivity contribution in [2.45, 2.75) is 193 Å². The molecule has 16 saturated carbocycles. The maximum Gasteiger partial charge on any atom is 0.00115 e. The Morgan fingerprint density at radius 2 is 0.489 bits per heavy atom. The molecule has 0 aromatic carbocycles. The third-order valence-electron chi connectivity index (χ3n) is 19.0. The monoisotopic (exact) mass is 644 g/mol. The van der Waals surface area contributed by atoms with E-state index in [1.165, 1.54) is 5.40 Å². The second-order valence-electron chi connectivity index (χ2n) is 22.2. The largest absolute Gasteiger partial charge is 0.0863 e. The van der Waals surface area contributed by atoms with E-state index < -0.39 is 0 Å². The highest BCUT2D eigenvalue weighted by molar-refractivity contribution is 7.79. The summed E-state index contributed by atoms with van der Waals surface area (Å²) in [7, 11) is 0.226. The Bertz CT molecular complexity index is 907. The molecule has 0 aliphatic heterocycles. The molecule has 0 unspecified atom stereocenters. The van der Waals surface area contributed by atoms with Gasteiger partial charge in [0, 0.05) is 5.40 Å². The maximum absolute atomic E-state index is 2.86. The molecule has 0 aromatic rings. The van der Waals surface area contributed by atoms with Gasteiger partial charge in [0.05, 0.1) is 0 Å². The second-order valence-corrected chi connectivity index (χ2v) is 29.1. The Morgan fingerprint density at radius 1 is 0.333 bits per heavy atom. The molecule has 0 saturated heterocycles. The van der Waals surface area contributed by atoms with E-state index in [9.17, 15) is 0 Å². The fourth-order valence-corrected chi connectivity index (χ4v) is 34.8. The van der Waals surface area contributed by atoms with Crippen molar-refractivity contribution in [1.82, 2.24) is 0 Å². The molecule has 0 heterocycles. The molecule has 16 fully saturated rings. The molecule has 0 spiro atoms. The molecule has 248 valence electrons. The molecule has 45 heavy (non-hydrogen) atoms. The average molecular weight is 645 g/mol. The molecule has 0 nitrogen and oxygen atoms in total. The Morgan fingerprint density at radius 3 is 0.622 bits per heavy atom. The number of hydrogen-bond acceptors (Lipinski definition) is 0. The van der Waals surface area contributed by atoms with Gasteiger partial charge in [-0.1, -0.05) is 22.8 Å². The van der Waals surface area contributed by atoms with Crippen LogP contribution in [0.1, 0.15) is 167 Å². The lowest BCUT2D eigenvalue weighted by Crippen LogP contribution is -2.61. The molecule has 0 aromatic heterocycles. The predicted octanol–water partition coefficient (Wildman–Crippen LogP) is 12.6. The van der Waals surface area contributed by atoms with E-state index in [1.807, 2.05) is 0 Å². The van der Waals surface area contributed by atoms with E-state index in [4.69, 9.17) is 0 Å². The zero-order chi connectivity index (χ0) is 29.3. The van der Waals surface area contributed by atoms with Crippen LogP contribution >= 0.6 is 15.8 Å². The molecule has 16 rings (SSSR count). The van der Waals surface area contributed by atoms with Gasteiger partial charge in [0.15, 0.2) is 0 Å². The van der Waals surface area contributed by atoms with Gasteiger partial charge in [-0.25, -0.2) is 0 Å². The van der Waals surface area contributed by atoms with Crippen molar-refractivity contribution in [3.63, 3.8) is 0 Å². The highest BCUT2D eigenvalue weighted by Crippen LogP contribution is 2.90. The van der Waals surface area contributed by atoms with E-state index in [0.29, 0.717) is 0 Å². The first-order chi connectivity index (χ1) is 21.9. The summed E-state index contributed by atoms with van der Waals surface area (Å²) >= 11 is 0. The normalized spacial score (nSPS) is 62.6. The fourth-order valence-electron chi connectivity index (χ4n) is 20.2. The molecule has 0 N–H and O–H groups in total. The van der Waals surface area contributed by atoms with Gasteiger partial charge in [0.2, 0.25) is 0 Å². The van der Waals surface area contributed by atoms with Gasteiger partial charge in [-0.15, -0.1) is 0 Å². The smallest absolute Gasteiger partial charge is 0.00115 e. The van der Waals surface area contributed by atoms with Crippen LogP contribution in [-0.4, -0.2) is 26.0 Å². The number of rotatable bonds is 7. The first-order valence-corrected chi connectivity index (χ1v) is 24.3. The molecular weight excluding hydrogens is 578 g/mol. The molecule has 16 aliphatic carbocycles. The fraction of sp³-hybridized carbons (Fsp3) is 1.00. The Kier molecular flexibility index (Phi) is 6.08. The van der Waals surface area contributed by atoms with Crippen LogP contribution in [0.25, 0.3) is 0 Å². The van der Waals surface area contributed by atoms with Crippen molar-refractivity contribution in [1.29, 1.82) is 0 Å². The molecule has 16 aliphatic rings. The summed E-state index contributed by atoms with van der Waals surface area (Å²) in [5, 5.41) is 4.54. The average Bonchev–Trinajstić information content (AvgIpc) is 2.93. The van der Waals surface area contributed by atoms with Crippen LogP contribution in [0.15, 0.2) is 0 Å². The minimum Gasteiger partial charge on any atom is -0.0863 e. The van der Waals surface area contributed by atoms with Crippen LogP contribution in [0.3, 0.4) is 0 Å². The summed E-state index contributed by atoms with van der Waals surface area (Å²) in [5.74, 6) is 13.8. The third-order valence-corrected chi connectivity index (χ3v) is 28.6. The van der Waals surface area contributed by atoms with Crippen molar-refractivity contribution in [3.05, 3.63) is 0 Å². The van der Waals surface area contributed by atoms with Crippen LogP contribution in [0.5, 0.6) is 0 Å². The molecule has 0 atom stereocenters. The van der Waals surface area contributed by atoms with Gasteiger partial charge in [-0.2, -0.15) is 0 Å². The zero-order valence-corrected chi connectivity index (χ0v) is 30.9. The molecule has 16 bridgehead atoms. The molecule has 0 amide bonds. The lowest BCUT2D eigenvalue weighted by atomic mass is 9.55. The van der Waals surface area contributed by atoms with Crippen LogP contribution in [0, 0.1) is 71.0 Å². The summed E-state index contributed by atoms with van der Waals surface area (Å²) in [6, 6.07) is 0. The van der Waals surface area contributed by atoms with Crippen molar-refractivity contribution in [2.24, 2.45) is 71.0 Å².